The van der Waals surface area contributed by atoms with Crippen LogP contribution in [0.2, 0.25) is 0 Å². The third kappa shape index (κ3) is 4.88. The highest BCUT2D eigenvalue weighted by Crippen LogP contribution is 2.50. The lowest BCUT2D eigenvalue weighted by atomic mass is 9.83. The van der Waals surface area contributed by atoms with Gasteiger partial charge in [-0.3, -0.25) is 0 Å². The summed E-state index contributed by atoms with van der Waals surface area (Å²) in [6.45, 7) is 10.7. The van der Waals surface area contributed by atoms with Crippen molar-refractivity contribution in [3.8, 4) is 33.4 Å². The SMILES string of the molecule is Cc1cccc(Nc2c(C)c(-c3cccc(C)c3)c(N)c(-c3cccc(C)c3)c2-c2cccc(C)c2)c1. The van der Waals surface area contributed by atoms with Crippen molar-refractivity contribution in [3.05, 3.63) is 125 Å². The van der Waals surface area contributed by atoms with Crippen LogP contribution in [0, 0.1) is 34.6 Å². The molecule has 0 fully saturated rings. The van der Waals surface area contributed by atoms with Gasteiger partial charge in [-0.2, -0.15) is 0 Å². The van der Waals surface area contributed by atoms with E-state index in [0.29, 0.717) is 0 Å². The molecule has 0 spiro atoms. The number of nitrogens with two attached hydrogens (primary N) is 1. The molecule has 37 heavy (non-hydrogen) atoms. The van der Waals surface area contributed by atoms with Crippen molar-refractivity contribution in [2.45, 2.75) is 34.6 Å². The molecule has 184 valence electrons. The van der Waals surface area contributed by atoms with Crippen LogP contribution in [0.1, 0.15) is 27.8 Å². The smallest absolute Gasteiger partial charge is 0.0507 e. The molecule has 0 aliphatic carbocycles. The monoisotopic (exact) mass is 482 g/mol. The van der Waals surface area contributed by atoms with Gasteiger partial charge in [-0.25, -0.2) is 0 Å². The number of hydrogen-bond donors (Lipinski definition) is 2. The van der Waals surface area contributed by atoms with Gasteiger partial charge in [0.05, 0.1) is 5.69 Å². The fraction of sp³-hybridized carbons (Fsp3) is 0.143. The van der Waals surface area contributed by atoms with Crippen molar-refractivity contribution in [1.82, 2.24) is 0 Å². The van der Waals surface area contributed by atoms with Crippen LogP contribution >= 0.6 is 0 Å². The number of nitrogen functional groups attached to an aromatic ring is 1. The highest BCUT2D eigenvalue weighted by Gasteiger charge is 2.24. The van der Waals surface area contributed by atoms with E-state index in [1.54, 1.807) is 0 Å². The molecule has 5 aromatic carbocycles. The molecule has 2 nitrogen and oxygen atoms in total. The predicted octanol–water partition coefficient (Wildman–Crippen LogP) is 9.56. The van der Waals surface area contributed by atoms with Gasteiger partial charge in [0.1, 0.15) is 0 Å². The van der Waals surface area contributed by atoms with E-state index in [9.17, 15) is 0 Å². The van der Waals surface area contributed by atoms with E-state index < -0.39 is 0 Å². The van der Waals surface area contributed by atoms with E-state index in [4.69, 9.17) is 5.73 Å². The molecule has 3 N–H and O–H groups in total. The molecule has 0 aliphatic heterocycles. The van der Waals surface area contributed by atoms with Crippen molar-refractivity contribution in [2.75, 3.05) is 11.1 Å². The number of aryl methyl sites for hydroxylation is 4. The van der Waals surface area contributed by atoms with E-state index >= 15 is 0 Å². The second-order valence-corrected chi connectivity index (χ2v) is 10.1. The summed E-state index contributed by atoms with van der Waals surface area (Å²) in [5, 5.41) is 3.82. The Morgan fingerprint density at radius 1 is 0.486 bits per heavy atom. The van der Waals surface area contributed by atoms with Gasteiger partial charge in [0.2, 0.25) is 0 Å². The van der Waals surface area contributed by atoms with Crippen LogP contribution in [0.3, 0.4) is 0 Å². The van der Waals surface area contributed by atoms with E-state index in [1.807, 2.05) is 0 Å². The van der Waals surface area contributed by atoms with Crippen LogP contribution in [0.5, 0.6) is 0 Å². The summed E-state index contributed by atoms with van der Waals surface area (Å²) in [5.41, 5.74) is 22.8. The second-order valence-electron chi connectivity index (χ2n) is 10.1. The molecular weight excluding hydrogens is 448 g/mol. The molecular formula is C35H34N2. The average Bonchev–Trinajstić information content (AvgIpc) is 2.85. The largest absolute Gasteiger partial charge is 0.398 e. The van der Waals surface area contributed by atoms with Crippen molar-refractivity contribution in [2.24, 2.45) is 0 Å². The lowest BCUT2D eigenvalue weighted by Gasteiger charge is -2.26. The molecule has 0 bridgehead atoms. The quantitative estimate of drug-likeness (QED) is 0.245. The minimum absolute atomic E-state index is 0.806. The molecule has 5 aromatic rings. The normalized spacial score (nSPS) is 10.9. The van der Waals surface area contributed by atoms with Crippen LogP contribution in [0.4, 0.5) is 17.1 Å². The number of hydrogen-bond acceptors (Lipinski definition) is 2. The van der Waals surface area contributed by atoms with Gasteiger partial charge in [-0.15, -0.1) is 0 Å². The van der Waals surface area contributed by atoms with Crippen LogP contribution in [0.15, 0.2) is 97.1 Å². The van der Waals surface area contributed by atoms with E-state index in [1.165, 1.54) is 22.3 Å². The first-order valence-corrected chi connectivity index (χ1v) is 12.8. The van der Waals surface area contributed by atoms with Crippen molar-refractivity contribution < 1.29 is 0 Å². The molecule has 0 aromatic heterocycles. The maximum absolute atomic E-state index is 7.18. The summed E-state index contributed by atoms with van der Waals surface area (Å²) in [4.78, 5) is 0. The Morgan fingerprint density at radius 2 is 0.919 bits per heavy atom. The van der Waals surface area contributed by atoms with Gasteiger partial charge in [0.15, 0.2) is 0 Å². The van der Waals surface area contributed by atoms with Gasteiger partial charge >= 0.3 is 0 Å². The maximum Gasteiger partial charge on any atom is 0.0507 e. The lowest BCUT2D eigenvalue weighted by molar-refractivity contribution is 1.38. The molecule has 0 heterocycles. The topological polar surface area (TPSA) is 38.0 Å². The first kappa shape index (κ1) is 24.4. The Labute approximate surface area is 220 Å². The highest BCUT2D eigenvalue weighted by molar-refractivity contribution is 6.06. The van der Waals surface area contributed by atoms with Crippen LogP contribution in [0.25, 0.3) is 33.4 Å². The van der Waals surface area contributed by atoms with E-state index in [2.05, 4.69) is 137 Å². The summed E-state index contributed by atoms with van der Waals surface area (Å²) in [6.07, 6.45) is 0. The molecule has 0 atom stereocenters. The number of nitrogens with one attached hydrogen (secondary N) is 1. The first-order chi connectivity index (χ1) is 17.8. The van der Waals surface area contributed by atoms with Crippen LogP contribution in [-0.4, -0.2) is 0 Å². The number of rotatable bonds is 5. The zero-order valence-electron chi connectivity index (χ0n) is 22.3. The maximum atomic E-state index is 7.18. The lowest BCUT2D eigenvalue weighted by Crippen LogP contribution is -2.06. The summed E-state index contributed by atoms with van der Waals surface area (Å²) < 4.78 is 0. The zero-order chi connectivity index (χ0) is 26.1. The Morgan fingerprint density at radius 3 is 1.41 bits per heavy atom. The van der Waals surface area contributed by atoms with Crippen LogP contribution in [-0.2, 0) is 0 Å². The fourth-order valence-corrected chi connectivity index (χ4v) is 5.28. The van der Waals surface area contributed by atoms with E-state index in [0.717, 1.165) is 56.0 Å². The van der Waals surface area contributed by atoms with Crippen molar-refractivity contribution in [3.63, 3.8) is 0 Å². The number of anilines is 3. The van der Waals surface area contributed by atoms with Crippen molar-refractivity contribution in [1.29, 1.82) is 0 Å². The third-order valence-electron chi connectivity index (χ3n) is 7.00. The zero-order valence-corrected chi connectivity index (χ0v) is 22.3. The van der Waals surface area contributed by atoms with Crippen LogP contribution < -0.4 is 11.1 Å². The summed E-state index contributed by atoms with van der Waals surface area (Å²) in [7, 11) is 0. The van der Waals surface area contributed by atoms with Gasteiger partial charge in [-0.1, -0.05) is 102 Å². The van der Waals surface area contributed by atoms with E-state index in [-0.39, 0.29) is 0 Å². The highest BCUT2D eigenvalue weighted by atomic mass is 14.9. The third-order valence-corrected chi connectivity index (χ3v) is 7.00. The second kappa shape index (κ2) is 9.99. The molecule has 0 radical (unpaired) electrons. The van der Waals surface area contributed by atoms with Gasteiger partial charge in [-0.05, 0) is 74.6 Å². The minimum atomic E-state index is 0.806. The number of benzene rings is 5. The molecule has 0 unspecified atom stereocenters. The molecule has 0 aliphatic rings. The Kier molecular flexibility index (Phi) is 6.58. The summed E-state index contributed by atoms with van der Waals surface area (Å²) in [5.74, 6) is 0. The standard InChI is InChI=1S/C35H34N2/c1-22-10-6-14-27(18-22)31-26(5)35(37-30-17-9-13-25(4)21-30)33(29-16-8-12-24(3)20-29)32(34(31)36)28-15-7-11-23(2)19-28/h6-21,37H,36H2,1-5H3. The average molecular weight is 483 g/mol. The Bertz CT molecular complexity index is 1610. The Balaban J connectivity index is 1.93. The molecule has 0 amide bonds. The molecule has 2 heteroatoms. The predicted molar refractivity (Wildman–Crippen MR) is 161 cm³/mol. The first-order valence-electron chi connectivity index (χ1n) is 12.8. The Hall–Kier alpha value is -4.30. The van der Waals surface area contributed by atoms with Gasteiger partial charge in [0.25, 0.3) is 0 Å². The van der Waals surface area contributed by atoms with Gasteiger partial charge in [0, 0.05) is 28.1 Å². The minimum Gasteiger partial charge on any atom is -0.398 e. The van der Waals surface area contributed by atoms with Gasteiger partial charge < -0.3 is 11.1 Å². The molecule has 0 saturated carbocycles. The summed E-state index contributed by atoms with van der Waals surface area (Å²) in [6, 6.07) is 34.5. The fourth-order valence-electron chi connectivity index (χ4n) is 5.28. The van der Waals surface area contributed by atoms with Crippen molar-refractivity contribution >= 4 is 17.1 Å². The molecule has 0 saturated heterocycles. The molecule has 5 rings (SSSR count). The summed E-state index contributed by atoms with van der Waals surface area (Å²) >= 11 is 0.